The third-order valence-corrected chi connectivity index (χ3v) is 22.6. The molecule has 2 aromatic heterocycles. The maximum Gasteiger partial charge on any atom is 0.307 e. The molecule has 0 radical (unpaired) electrons. The Hall–Kier alpha value is -6.06. The van der Waals surface area contributed by atoms with Crippen LogP contribution < -0.4 is 16.4 Å². The molecule has 0 saturated heterocycles. The number of Topliss-reactive ketones (excluding diaryl/α,β-unsaturated/α-hetero) is 1. The van der Waals surface area contributed by atoms with Crippen molar-refractivity contribution in [2.45, 2.75) is 137 Å². The standard InChI is InChI=1S/C33H32Cl2F3N3O3.C24H20Cl2F3NO3.C8H13N3O/c34-20-8-9-23-25(11-20)40-30(43)33(23)27(21-2-1-3-24(35)28(21)38)22(12-32(33)13-31(14-32,15-36)16-37)26(42)10-18-4-6-19(7-5-18)29-41-39-17-44-29;25-12-4-5-15-17(6-12)30-21(33)24(15)18(13-2-1-3-16(26)19(13)29)14(20(31)32)7-23(24)8-22(9-23,10-27)11-28;9-7-3-1-6(2-4-7)8-11-10-5-12-8/h1-3,8-9,11,17-19,22,27H,4-7,10,12-16H2,(H,40,43);1-6,14,18H,7-11H2,(H,30,33)(H,31,32);5-7H,1-4,9H2/t18?,19?,22-,27-,33+;14-,18+,24-;/m01./s1. The molecule has 14 nitrogen and oxygen atoms in total. The zero-order chi connectivity index (χ0) is 63.0. The maximum atomic E-state index is 16.1. The van der Waals surface area contributed by atoms with Gasteiger partial charge >= 0.3 is 5.97 Å². The molecular weight excluding hydrogens is 1250 g/mol. The van der Waals surface area contributed by atoms with E-state index in [1.54, 1.807) is 48.5 Å². The molecule has 472 valence electrons. The van der Waals surface area contributed by atoms with Crippen molar-refractivity contribution in [1.82, 2.24) is 20.4 Å². The lowest BCUT2D eigenvalue weighted by molar-refractivity contribution is -0.145. The average molecular weight is 1310 g/mol. The first-order chi connectivity index (χ1) is 42.7. The number of carbonyl (C=O) groups excluding carboxylic acids is 3. The minimum absolute atomic E-state index is 0.00252. The molecule has 0 bridgehead atoms. The Labute approximate surface area is 529 Å². The molecule has 89 heavy (non-hydrogen) atoms. The van der Waals surface area contributed by atoms with Gasteiger partial charge in [-0.2, -0.15) is 0 Å². The number of fused-ring (bicyclic) bond motifs is 6. The summed E-state index contributed by atoms with van der Waals surface area (Å²) >= 11 is 24.8. The number of carbonyl (C=O) groups is 4. The molecule has 6 aliphatic carbocycles. The van der Waals surface area contributed by atoms with Gasteiger partial charge in [0.25, 0.3) is 0 Å². The summed E-state index contributed by atoms with van der Waals surface area (Å²) in [5.74, 6) is -5.59. The Morgan fingerprint density at radius 3 is 1.42 bits per heavy atom. The van der Waals surface area contributed by atoms with Gasteiger partial charge in [0.2, 0.25) is 36.4 Å². The fourth-order valence-corrected chi connectivity index (χ4v) is 18.8. The number of rotatable bonds is 12. The molecule has 5 N–H and O–H groups in total. The normalized spacial score (nSPS) is 29.5. The maximum absolute atomic E-state index is 16.1. The number of nitrogens with one attached hydrogen (secondary N) is 2. The van der Waals surface area contributed by atoms with Crippen LogP contribution in [0.25, 0.3) is 0 Å². The largest absolute Gasteiger partial charge is 0.481 e. The molecule has 0 unspecified atom stereocenters. The highest BCUT2D eigenvalue weighted by Gasteiger charge is 2.79. The first-order valence-corrected chi connectivity index (χ1v) is 31.6. The van der Waals surface area contributed by atoms with Crippen LogP contribution in [-0.4, -0.2) is 81.8 Å². The van der Waals surface area contributed by atoms with E-state index in [2.05, 4.69) is 31.0 Å². The summed E-state index contributed by atoms with van der Waals surface area (Å²) in [4.78, 5) is 55.2. The van der Waals surface area contributed by atoms with Gasteiger partial charge in [0.1, 0.15) is 17.4 Å². The van der Waals surface area contributed by atoms with E-state index in [0.717, 1.165) is 57.3 Å². The minimum atomic E-state index is -1.55. The fraction of sp³-hybridized carbons (Fsp3) is 0.508. The summed E-state index contributed by atoms with van der Waals surface area (Å²) in [6.07, 6.45) is 10.8. The molecule has 6 fully saturated rings. The quantitative estimate of drug-likeness (QED) is 0.0842. The van der Waals surface area contributed by atoms with E-state index < -0.39 is 112 Å². The number of carboxylic acid groups (broad SMARTS) is 1. The summed E-state index contributed by atoms with van der Waals surface area (Å²) in [6.45, 7) is -3.61. The summed E-state index contributed by atoms with van der Waals surface area (Å²) in [6, 6.07) is 19.1. The van der Waals surface area contributed by atoms with Gasteiger partial charge in [-0.25, -0.2) is 8.78 Å². The zero-order valence-electron chi connectivity index (χ0n) is 48.2. The van der Waals surface area contributed by atoms with E-state index in [9.17, 15) is 41.8 Å². The van der Waals surface area contributed by atoms with Gasteiger partial charge in [0, 0.05) is 74.3 Å². The first kappa shape index (κ1) is 63.1. The Kier molecular flexibility index (Phi) is 17.2. The lowest BCUT2D eigenvalue weighted by atomic mass is 9.43. The van der Waals surface area contributed by atoms with Crippen LogP contribution in [-0.2, 0) is 30.0 Å². The molecule has 2 amide bonds. The van der Waals surface area contributed by atoms with Crippen molar-refractivity contribution in [3.05, 3.63) is 151 Å². The number of aromatic nitrogens is 4. The van der Waals surface area contributed by atoms with Crippen LogP contribution in [0.5, 0.6) is 0 Å². The van der Waals surface area contributed by atoms with Gasteiger partial charge in [0.05, 0.1) is 53.5 Å². The van der Waals surface area contributed by atoms with Crippen LogP contribution in [0.2, 0.25) is 20.1 Å². The van der Waals surface area contributed by atoms with Gasteiger partial charge in [-0.1, -0.05) is 82.8 Å². The van der Waals surface area contributed by atoms with Crippen LogP contribution in [0.1, 0.15) is 154 Å². The highest BCUT2D eigenvalue weighted by molar-refractivity contribution is 6.32. The smallest absolute Gasteiger partial charge is 0.307 e. The van der Waals surface area contributed by atoms with Gasteiger partial charge in [-0.05, 0) is 165 Å². The summed E-state index contributed by atoms with van der Waals surface area (Å²) in [7, 11) is 0. The number of benzene rings is 4. The number of alkyl halides is 4. The van der Waals surface area contributed by atoms with Crippen molar-refractivity contribution in [2.24, 2.45) is 45.1 Å². The molecule has 4 heterocycles. The minimum Gasteiger partial charge on any atom is -0.481 e. The lowest BCUT2D eigenvalue weighted by Gasteiger charge is -2.59. The molecule has 2 aliphatic heterocycles. The Balaban J connectivity index is 0.000000149. The third-order valence-electron chi connectivity index (χ3n) is 21.6. The Morgan fingerprint density at radius 1 is 0.596 bits per heavy atom. The molecule has 6 atom stereocenters. The van der Waals surface area contributed by atoms with Crippen molar-refractivity contribution in [3.8, 4) is 0 Å². The molecule has 14 rings (SSSR count). The monoisotopic (exact) mass is 1310 g/mol. The number of nitrogens with two attached hydrogens (primary N) is 1. The van der Waals surface area contributed by atoms with Gasteiger partial charge in [-0.3, -0.25) is 36.7 Å². The van der Waals surface area contributed by atoms with E-state index >= 15 is 8.78 Å². The number of carboxylic acids is 1. The number of amides is 2. The number of nitrogens with zero attached hydrogens (tertiary/aromatic N) is 4. The Bertz CT molecular complexity index is 3660. The van der Waals surface area contributed by atoms with Crippen molar-refractivity contribution in [3.63, 3.8) is 0 Å². The SMILES string of the molecule is NC1CCC(c2nnco2)CC1.O=C(CC1CCC(c2nnco2)CC1)[C@@H]1CC2(CC(CF)(CF)C2)[C@@]2(C(=O)Nc3cc(Cl)ccc32)[C@H]1c1cccc(Cl)c1F.O=C(O)[C@@H]1CC2(CC(CF)(CF)C2)[C@@]2(C(=O)Nc3cc(Cl)ccc32)[C@H]1c1cccc(Cl)c1F. The summed E-state index contributed by atoms with van der Waals surface area (Å²) in [5.41, 5.74) is 0.311. The first-order valence-electron chi connectivity index (χ1n) is 30.1. The molecule has 4 aromatic carbocycles. The van der Waals surface area contributed by atoms with Crippen molar-refractivity contribution >= 4 is 81.3 Å². The molecule has 4 spiro atoms. The van der Waals surface area contributed by atoms with Gasteiger partial charge in [0.15, 0.2) is 0 Å². The Morgan fingerprint density at radius 2 is 1.01 bits per heavy atom. The molecule has 6 saturated carbocycles. The molecule has 8 aliphatic rings. The number of hydrogen-bond acceptors (Lipinski definition) is 11. The molecular formula is C65H65Cl4F6N7O7. The van der Waals surface area contributed by atoms with Crippen LogP contribution in [0, 0.1) is 51.0 Å². The van der Waals surface area contributed by atoms with Crippen LogP contribution in [0.15, 0.2) is 94.4 Å². The zero-order valence-corrected chi connectivity index (χ0v) is 51.2. The van der Waals surface area contributed by atoms with Crippen molar-refractivity contribution < 1.29 is 59.5 Å². The van der Waals surface area contributed by atoms with Crippen LogP contribution in [0.3, 0.4) is 0 Å². The van der Waals surface area contributed by atoms with Gasteiger partial charge < -0.3 is 30.3 Å². The van der Waals surface area contributed by atoms with Crippen LogP contribution in [0.4, 0.5) is 37.7 Å². The topological polar surface area (TPSA) is 216 Å². The number of hydrogen-bond donors (Lipinski definition) is 4. The summed E-state index contributed by atoms with van der Waals surface area (Å²) in [5, 5.41) is 31.8. The average Bonchev–Trinajstić information content (AvgIpc) is 1.52. The number of aliphatic carboxylic acids is 1. The van der Waals surface area contributed by atoms with E-state index in [1.165, 1.54) is 37.1 Å². The fourth-order valence-electron chi connectivity index (χ4n) is 18.1. The predicted molar refractivity (Wildman–Crippen MR) is 320 cm³/mol. The number of anilines is 2. The molecule has 6 aromatic rings. The van der Waals surface area contributed by atoms with E-state index in [-0.39, 0.29) is 83.7 Å². The molecule has 24 heteroatoms. The van der Waals surface area contributed by atoms with E-state index in [1.807, 2.05) is 0 Å². The van der Waals surface area contributed by atoms with Gasteiger partial charge in [-0.15, -0.1) is 20.4 Å². The highest BCUT2D eigenvalue weighted by Crippen LogP contribution is 2.79. The van der Waals surface area contributed by atoms with Crippen molar-refractivity contribution in [2.75, 3.05) is 37.3 Å². The van der Waals surface area contributed by atoms with Crippen molar-refractivity contribution in [1.29, 1.82) is 0 Å². The van der Waals surface area contributed by atoms with E-state index in [4.69, 9.17) is 61.0 Å². The highest BCUT2D eigenvalue weighted by atomic mass is 35.5. The summed E-state index contributed by atoms with van der Waals surface area (Å²) < 4.78 is 98.5. The van der Waals surface area contributed by atoms with E-state index in [0.29, 0.717) is 50.4 Å². The second-order valence-corrected chi connectivity index (χ2v) is 28.1. The number of ketones is 1. The second kappa shape index (κ2) is 24.2. The number of halogens is 10. The third kappa shape index (κ3) is 10.3. The second-order valence-electron chi connectivity index (χ2n) is 26.5. The lowest BCUT2D eigenvalue weighted by Crippen LogP contribution is -2.61. The predicted octanol–water partition coefficient (Wildman–Crippen LogP) is 15.1. The van der Waals surface area contributed by atoms with Crippen LogP contribution >= 0.6 is 46.4 Å².